The van der Waals surface area contributed by atoms with Gasteiger partial charge >= 0.3 is 5.97 Å². The van der Waals surface area contributed by atoms with E-state index in [-0.39, 0.29) is 5.69 Å². The van der Waals surface area contributed by atoms with E-state index in [0.717, 1.165) is 33.9 Å². The van der Waals surface area contributed by atoms with Crippen LogP contribution in [0.2, 0.25) is 0 Å². The molecular formula is C15H17NO3S. The van der Waals surface area contributed by atoms with Gasteiger partial charge in [0.2, 0.25) is 0 Å². The van der Waals surface area contributed by atoms with Crippen molar-refractivity contribution >= 4 is 17.3 Å². The molecule has 0 fully saturated rings. The third kappa shape index (κ3) is 3.23. The highest BCUT2D eigenvalue weighted by atomic mass is 32.1. The van der Waals surface area contributed by atoms with Gasteiger partial charge in [-0.25, -0.2) is 9.78 Å². The number of carboxylic acid groups (broad SMARTS) is 1. The van der Waals surface area contributed by atoms with Crippen LogP contribution in [0.25, 0.3) is 10.4 Å². The van der Waals surface area contributed by atoms with Crippen molar-refractivity contribution in [1.29, 1.82) is 0 Å². The zero-order chi connectivity index (χ0) is 14.5. The van der Waals surface area contributed by atoms with Gasteiger partial charge in [-0.2, -0.15) is 0 Å². The third-order valence-corrected chi connectivity index (χ3v) is 4.00. The van der Waals surface area contributed by atoms with E-state index >= 15 is 0 Å². The zero-order valence-electron chi connectivity index (χ0n) is 11.5. The molecule has 2 rings (SSSR count). The summed E-state index contributed by atoms with van der Waals surface area (Å²) in [6.07, 6.45) is 1.76. The fourth-order valence-corrected chi connectivity index (χ4v) is 3.15. The Balaban J connectivity index is 2.44. The molecule has 1 heterocycles. The lowest BCUT2D eigenvalue weighted by molar-refractivity contribution is 0.0692. The highest BCUT2D eigenvalue weighted by Crippen LogP contribution is 2.31. The summed E-state index contributed by atoms with van der Waals surface area (Å²) >= 11 is 1.46. The Morgan fingerprint density at radius 1 is 1.45 bits per heavy atom. The van der Waals surface area contributed by atoms with Gasteiger partial charge in [0.15, 0.2) is 5.69 Å². The second kappa shape index (κ2) is 6.63. The largest absolute Gasteiger partial charge is 0.476 e. The van der Waals surface area contributed by atoms with E-state index < -0.39 is 5.97 Å². The van der Waals surface area contributed by atoms with Crippen LogP contribution in [0.3, 0.4) is 0 Å². The molecule has 0 aliphatic rings. The Morgan fingerprint density at radius 3 is 2.90 bits per heavy atom. The molecule has 0 radical (unpaired) electrons. The Kier molecular flexibility index (Phi) is 4.87. The summed E-state index contributed by atoms with van der Waals surface area (Å²) in [6.45, 7) is 2.57. The number of nitrogens with zero attached hydrogens (tertiary/aromatic N) is 1. The maximum atomic E-state index is 11.3. The van der Waals surface area contributed by atoms with Gasteiger partial charge in [0.25, 0.3) is 0 Å². The minimum absolute atomic E-state index is 0.146. The standard InChI is InChI=1S/C15H17NO3S/c1-3-5-12-16-13(15(17)18)14(20-12)11-7-4-6-10(8-11)9-19-2/h4,6-8H,3,5,9H2,1-2H3,(H,17,18). The number of benzene rings is 1. The fraction of sp³-hybridized carbons (Fsp3) is 0.333. The molecule has 0 atom stereocenters. The van der Waals surface area contributed by atoms with Crippen molar-refractivity contribution < 1.29 is 14.6 Å². The number of aryl methyl sites for hydroxylation is 1. The van der Waals surface area contributed by atoms with E-state index in [2.05, 4.69) is 11.9 Å². The third-order valence-electron chi connectivity index (χ3n) is 2.84. The molecule has 0 saturated carbocycles. The van der Waals surface area contributed by atoms with Gasteiger partial charge in [-0.1, -0.05) is 25.1 Å². The lowest BCUT2D eigenvalue weighted by atomic mass is 10.1. The van der Waals surface area contributed by atoms with Crippen molar-refractivity contribution in [3.05, 3.63) is 40.5 Å². The minimum Gasteiger partial charge on any atom is -0.476 e. The van der Waals surface area contributed by atoms with Crippen LogP contribution in [-0.2, 0) is 17.8 Å². The molecule has 0 aliphatic heterocycles. The van der Waals surface area contributed by atoms with Crippen LogP contribution in [0.5, 0.6) is 0 Å². The van der Waals surface area contributed by atoms with E-state index in [1.165, 1.54) is 11.3 Å². The Morgan fingerprint density at radius 2 is 2.25 bits per heavy atom. The number of aromatic nitrogens is 1. The molecule has 2 aromatic rings. The van der Waals surface area contributed by atoms with Gasteiger partial charge < -0.3 is 9.84 Å². The second-order valence-corrected chi connectivity index (χ2v) is 5.56. The predicted molar refractivity (Wildman–Crippen MR) is 79.2 cm³/mol. The van der Waals surface area contributed by atoms with Crippen molar-refractivity contribution in [2.45, 2.75) is 26.4 Å². The number of hydrogen-bond acceptors (Lipinski definition) is 4. The highest BCUT2D eigenvalue weighted by Gasteiger charge is 2.18. The molecule has 0 unspecified atom stereocenters. The van der Waals surface area contributed by atoms with Gasteiger partial charge in [0, 0.05) is 7.11 Å². The lowest BCUT2D eigenvalue weighted by Gasteiger charge is -2.03. The number of carbonyl (C=O) groups is 1. The second-order valence-electron chi connectivity index (χ2n) is 4.47. The molecule has 5 heteroatoms. The summed E-state index contributed by atoms with van der Waals surface area (Å²) in [5, 5.41) is 10.2. The summed E-state index contributed by atoms with van der Waals surface area (Å²) < 4.78 is 5.11. The zero-order valence-corrected chi connectivity index (χ0v) is 12.4. The molecule has 4 nitrogen and oxygen atoms in total. The van der Waals surface area contributed by atoms with E-state index in [9.17, 15) is 9.90 Å². The SMILES string of the molecule is CCCc1nc(C(=O)O)c(-c2cccc(COC)c2)s1. The molecule has 0 aliphatic carbocycles. The van der Waals surface area contributed by atoms with Crippen molar-refractivity contribution in [2.24, 2.45) is 0 Å². The van der Waals surface area contributed by atoms with Crippen LogP contribution in [0.1, 0.15) is 34.4 Å². The number of carboxylic acids is 1. The molecule has 106 valence electrons. The van der Waals surface area contributed by atoms with Crippen LogP contribution < -0.4 is 0 Å². The molecule has 0 bridgehead atoms. The predicted octanol–water partition coefficient (Wildman–Crippen LogP) is 3.61. The first-order valence-corrected chi connectivity index (χ1v) is 7.28. The number of hydrogen-bond donors (Lipinski definition) is 1. The normalized spacial score (nSPS) is 10.7. The first kappa shape index (κ1) is 14.7. The van der Waals surface area contributed by atoms with Gasteiger partial charge in [-0.05, 0) is 30.0 Å². The monoisotopic (exact) mass is 291 g/mol. The van der Waals surface area contributed by atoms with Gasteiger partial charge in [-0.15, -0.1) is 11.3 Å². The molecule has 1 aromatic carbocycles. The number of thiazole rings is 1. The number of rotatable bonds is 6. The molecular weight excluding hydrogens is 274 g/mol. The van der Waals surface area contributed by atoms with Crippen molar-refractivity contribution in [3.63, 3.8) is 0 Å². The Hall–Kier alpha value is -1.72. The topological polar surface area (TPSA) is 59.4 Å². The van der Waals surface area contributed by atoms with Crippen LogP contribution in [0.4, 0.5) is 0 Å². The van der Waals surface area contributed by atoms with Gasteiger partial charge in [-0.3, -0.25) is 0 Å². The molecule has 0 amide bonds. The summed E-state index contributed by atoms with van der Waals surface area (Å²) in [4.78, 5) is 16.3. The van der Waals surface area contributed by atoms with Crippen molar-refractivity contribution in [3.8, 4) is 10.4 Å². The molecule has 1 aromatic heterocycles. The van der Waals surface area contributed by atoms with Crippen LogP contribution in [0.15, 0.2) is 24.3 Å². The van der Waals surface area contributed by atoms with Crippen molar-refractivity contribution in [2.75, 3.05) is 7.11 Å². The average molecular weight is 291 g/mol. The van der Waals surface area contributed by atoms with Crippen molar-refractivity contribution in [1.82, 2.24) is 4.98 Å². The number of aromatic carboxylic acids is 1. The molecule has 20 heavy (non-hydrogen) atoms. The summed E-state index contributed by atoms with van der Waals surface area (Å²) in [5.41, 5.74) is 2.05. The van der Waals surface area contributed by atoms with Crippen LogP contribution in [-0.4, -0.2) is 23.2 Å². The number of ether oxygens (including phenoxy) is 1. The van der Waals surface area contributed by atoms with E-state index in [0.29, 0.717) is 6.61 Å². The first-order valence-electron chi connectivity index (χ1n) is 6.47. The summed E-state index contributed by atoms with van der Waals surface area (Å²) in [5.74, 6) is -0.976. The molecule has 1 N–H and O–H groups in total. The van der Waals surface area contributed by atoms with E-state index in [4.69, 9.17) is 4.74 Å². The molecule has 0 saturated heterocycles. The maximum Gasteiger partial charge on any atom is 0.356 e. The van der Waals surface area contributed by atoms with Gasteiger partial charge in [0.05, 0.1) is 16.5 Å². The quantitative estimate of drug-likeness (QED) is 0.883. The smallest absolute Gasteiger partial charge is 0.356 e. The van der Waals surface area contributed by atoms with Crippen LogP contribution >= 0.6 is 11.3 Å². The Bertz CT molecular complexity index is 607. The first-order chi connectivity index (χ1) is 9.65. The van der Waals surface area contributed by atoms with Crippen LogP contribution in [0, 0.1) is 0 Å². The Labute approximate surface area is 122 Å². The molecule has 0 spiro atoms. The minimum atomic E-state index is -0.976. The summed E-state index contributed by atoms with van der Waals surface area (Å²) in [7, 11) is 1.64. The van der Waals surface area contributed by atoms with E-state index in [1.54, 1.807) is 7.11 Å². The lowest BCUT2D eigenvalue weighted by Crippen LogP contribution is -1.99. The maximum absolute atomic E-state index is 11.3. The van der Waals surface area contributed by atoms with Gasteiger partial charge in [0.1, 0.15) is 0 Å². The highest BCUT2D eigenvalue weighted by molar-refractivity contribution is 7.15. The summed E-state index contributed by atoms with van der Waals surface area (Å²) in [6, 6.07) is 7.74. The fourth-order valence-electron chi connectivity index (χ4n) is 1.99. The average Bonchev–Trinajstić information content (AvgIpc) is 2.84. The van der Waals surface area contributed by atoms with E-state index in [1.807, 2.05) is 24.3 Å². The number of methoxy groups -OCH3 is 1.